The van der Waals surface area contributed by atoms with Crippen molar-refractivity contribution >= 4 is 0 Å². The molecular formula is C18H36N2O2. The van der Waals surface area contributed by atoms with E-state index in [-0.39, 0.29) is 10.8 Å². The Labute approximate surface area is 136 Å². The highest BCUT2D eigenvalue weighted by atomic mass is 16.3. The zero-order valence-electron chi connectivity index (χ0n) is 14.7. The molecule has 22 heavy (non-hydrogen) atoms. The maximum absolute atomic E-state index is 9.53. The average Bonchev–Trinajstić information content (AvgIpc) is 2.52. The van der Waals surface area contributed by atoms with Crippen LogP contribution in [-0.2, 0) is 0 Å². The van der Waals surface area contributed by atoms with Crippen molar-refractivity contribution in [2.45, 2.75) is 52.4 Å². The van der Waals surface area contributed by atoms with Crippen LogP contribution in [0.3, 0.4) is 0 Å². The molecule has 0 aromatic carbocycles. The van der Waals surface area contributed by atoms with Gasteiger partial charge in [0.15, 0.2) is 0 Å². The lowest BCUT2D eigenvalue weighted by atomic mass is 9.82. The Morgan fingerprint density at radius 1 is 0.773 bits per heavy atom. The number of hydrogen-bond acceptors (Lipinski definition) is 4. The first-order valence-electron chi connectivity index (χ1n) is 9.15. The lowest BCUT2D eigenvalue weighted by molar-refractivity contribution is 0.0393. The predicted molar refractivity (Wildman–Crippen MR) is 91.0 cm³/mol. The number of unbranched alkanes of at least 4 members (excludes halogenated alkanes) is 1. The SMILES string of the molecule is CC1(CO)CCCN(CCCCN2CCCC(C)(CO)C2)C1. The summed E-state index contributed by atoms with van der Waals surface area (Å²) in [5.41, 5.74) is 0.238. The highest BCUT2D eigenvalue weighted by molar-refractivity contribution is 4.84. The van der Waals surface area contributed by atoms with E-state index in [1.165, 1.54) is 51.9 Å². The van der Waals surface area contributed by atoms with Gasteiger partial charge in [0.05, 0.1) is 0 Å². The van der Waals surface area contributed by atoms with Crippen LogP contribution in [0.4, 0.5) is 0 Å². The largest absolute Gasteiger partial charge is 0.396 e. The Balaban J connectivity index is 1.63. The fraction of sp³-hybridized carbons (Fsp3) is 1.00. The third-order valence-corrected chi connectivity index (χ3v) is 5.68. The van der Waals surface area contributed by atoms with E-state index in [9.17, 15) is 10.2 Å². The number of nitrogens with zero attached hydrogens (tertiary/aromatic N) is 2. The van der Waals surface area contributed by atoms with Gasteiger partial charge in [0.1, 0.15) is 0 Å². The van der Waals surface area contributed by atoms with Crippen LogP contribution in [0, 0.1) is 10.8 Å². The van der Waals surface area contributed by atoms with Gasteiger partial charge >= 0.3 is 0 Å². The molecule has 0 spiro atoms. The number of likely N-dealkylation sites (tertiary alicyclic amines) is 2. The van der Waals surface area contributed by atoms with Crippen molar-refractivity contribution in [2.24, 2.45) is 10.8 Å². The van der Waals surface area contributed by atoms with Crippen molar-refractivity contribution < 1.29 is 10.2 Å². The topological polar surface area (TPSA) is 46.9 Å². The third-order valence-electron chi connectivity index (χ3n) is 5.68. The molecule has 2 heterocycles. The van der Waals surface area contributed by atoms with Gasteiger partial charge in [-0.1, -0.05) is 13.8 Å². The molecule has 130 valence electrons. The van der Waals surface area contributed by atoms with Crippen LogP contribution in [0.5, 0.6) is 0 Å². The first-order valence-corrected chi connectivity index (χ1v) is 9.15. The zero-order valence-corrected chi connectivity index (χ0v) is 14.7. The van der Waals surface area contributed by atoms with Gasteiger partial charge in [0, 0.05) is 37.1 Å². The van der Waals surface area contributed by atoms with Gasteiger partial charge in [0.2, 0.25) is 0 Å². The minimum absolute atomic E-state index is 0.119. The molecule has 2 aliphatic heterocycles. The van der Waals surface area contributed by atoms with E-state index in [0.29, 0.717) is 13.2 Å². The van der Waals surface area contributed by atoms with Crippen molar-refractivity contribution in [1.82, 2.24) is 9.80 Å². The van der Waals surface area contributed by atoms with Crippen LogP contribution < -0.4 is 0 Å². The second-order valence-corrected chi connectivity index (χ2v) is 8.40. The number of aliphatic hydroxyl groups excluding tert-OH is 2. The van der Waals surface area contributed by atoms with Crippen LogP contribution in [-0.4, -0.2) is 72.5 Å². The normalized spacial score (nSPS) is 34.9. The van der Waals surface area contributed by atoms with Gasteiger partial charge in [0.25, 0.3) is 0 Å². The highest BCUT2D eigenvalue weighted by Gasteiger charge is 2.31. The molecule has 2 rings (SSSR count). The molecule has 4 nitrogen and oxygen atoms in total. The Morgan fingerprint density at radius 3 is 1.55 bits per heavy atom. The summed E-state index contributed by atoms with van der Waals surface area (Å²) in [5.74, 6) is 0. The number of aliphatic hydroxyl groups is 2. The van der Waals surface area contributed by atoms with Crippen LogP contribution in [0.2, 0.25) is 0 Å². The number of rotatable bonds is 7. The van der Waals surface area contributed by atoms with Crippen molar-refractivity contribution in [2.75, 3.05) is 52.5 Å². The standard InChI is InChI=1S/C18H36N2O2/c1-17(15-21)7-5-11-19(13-17)9-3-4-10-20-12-6-8-18(2,14-20)16-22/h21-22H,3-16H2,1-2H3. The molecule has 0 aromatic rings. The van der Waals surface area contributed by atoms with Crippen LogP contribution in [0.1, 0.15) is 52.4 Å². The van der Waals surface area contributed by atoms with Crippen molar-refractivity contribution in [3.05, 3.63) is 0 Å². The van der Waals surface area contributed by atoms with Gasteiger partial charge < -0.3 is 20.0 Å². The Morgan fingerprint density at radius 2 is 1.18 bits per heavy atom. The molecule has 0 bridgehead atoms. The third kappa shape index (κ3) is 5.19. The summed E-state index contributed by atoms with van der Waals surface area (Å²) in [6.07, 6.45) is 7.25. The minimum Gasteiger partial charge on any atom is -0.396 e. The van der Waals surface area contributed by atoms with Gasteiger partial charge in [-0.25, -0.2) is 0 Å². The summed E-state index contributed by atoms with van der Waals surface area (Å²) in [5, 5.41) is 19.1. The van der Waals surface area contributed by atoms with Gasteiger partial charge in [-0.3, -0.25) is 0 Å². The Kier molecular flexibility index (Phi) is 6.69. The van der Waals surface area contributed by atoms with Crippen LogP contribution in [0.25, 0.3) is 0 Å². The van der Waals surface area contributed by atoms with Crippen molar-refractivity contribution in [3.63, 3.8) is 0 Å². The van der Waals surface area contributed by atoms with E-state index in [0.717, 1.165) is 25.9 Å². The molecule has 0 radical (unpaired) electrons. The second kappa shape index (κ2) is 8.09. The Hall–Kier alpha value is -0.160. The predicted octanol–water partition coefficient (Wildman–Crippen LogP) is 1.96. The second-order valence-electron chi connectivity index (χ2n) is 8.40. The summed E-state index contributed by atoms with van der Waals surface area (Å²) in [4.78, 5) is 5.07. The summed E-state index contributed by atoms with van der Waals surface area (Å²) in [6.45, 7) is 11.9. The summed E-state index contributed by atoms with van der Waals surface area (Å²) in [6, 6.07) is 0. The van der Waals surface area contributed by atoms with Crippen molar-refractivity contribution in [3.8, 4) is 0 Å². The van der Waals surface area contributed by atoms with E-state index in [2.05, 4.69) is 23.6 Å². The molecule has 2 aliphatic rings. The first-order chi connectivity index (χ1) is 10.5. The highest BCUT2D eigenvalue weighted by Crippen LogP contribution is 2.30. The van der Waals surface area contributed by atoms with Crippen LogP contribution >= 0.6 is 0 Å². The maximum atomic E-state index is 9.53. The molecule has 2 N–H and O–H groups in total. The quantitative estimate of drug-likeness (QED) is 0.706. The fourth-order valence-electron chi connectivity index (χ4n) is 4.17. The molecule has 0 aromatic heterocycles. The molecule has 2 unspecified atom stereocenters. The molecular weight excluding hydrogens is 276 g/mol. The van der Waals surface area contributed by atoms with Gasteiger partial charge in [-0.2, -0.15) is 0 Å². The summed E-state index contributed by atoms with van der Waals surface area (Å²) < 4.78 is 0. The molecule has 0 saturated carbocycles. The molecule has 0 aliphatic carbocycles. The van der Waals surface area contributed by atoms with Crippen molar-refractivity contribution in [1.29, 1.82) is 0 Å². The molecule has 2 fully saturated rings. The smallest absolute Gasteiger partial charge is 0.0497 e. The number of hydrogen-bond donors (Lipinski definition) is 2. The summed E-state index contributed by atoms with van der Waals surface area (Å²) in [7, 11) is 0. The van der Waals surface area contributed by atoms with Crippen LogP contribution in [0.15, 0.2) is 0 Å². The lowest BCUT2D eigenvalue weighted by Crippen LogP contribution is -2.45. The molecule has 2 saturated heterocycles. The first kappa shape index (κ1) is 18.2. The average molecular weight is 312 g/mol. The zero-order chi connectivity index (χ0) is 16.1. The molecule has 4 heteroatoms. The number of piperidine rings is 2. The molecule has 2 atom stereocenters. The monoisotopic (exact) mass is 312 g/mol. The minimum atomic E-state index is 0.119. The maximum Gasteiger partial charge on any atom is 0.0497 e. The van der Waals surface area contributed by atoms with E-state index < -0.39 is 0 Å². The van der Waals surface area contributed by atoms with Gasteiger partial charge in [-0.15, -0.1) is 0 Å². The fourth-order valence-corrected chi connectivity index (χ4v) is 4.17. The van der Waals surface area contributed by atoms with E-state index >= 15 is 0 Å². The summed E-state index contributed by atoms with van der Waals surface area (Å²) >= 11 is 0. The lowest BCUT2D eigenvalue weighted by Gasteiger charge is -2.40. The Bertz CT molecular complexity index is 307. The van der Waals surface area contributed by atoms with E-state index in [1.807, 2.05) is 0 Å². The molecule has 0 amide bonds. The van der Waals surface area contributed by atoms with E-state index in [4.69, 9.17) is 0 Å². The van der Waals surface area contributed by atoms with E-state index in [1.54, 1.807) is 0 Å². The van der Waals surface area contributed by atoms with Gasteiger partial charge in [-0.05, 0) is 64.7 Å².